The van der Waals surface area contributed by atoms with E-state index in [0.717, 1.165) is 0 Å². The smallest absolute Gasteiger partial charge is 0.384 e. The maximum atomic E-state index is 10.7. The van der Waals surface area contributed by atoms with Crippen molar-refractivity contribution in [2.45, 2.75) is 6.92 Å². The van der Waals surface area contributed by atoms with Crippen molar-refractivity contribution in [3.63, 3.8) is 0 Å². The average Bonchev–Trinajstić information content (AvgIpc) is 2.53. The highest BCUT2D eigenvalue weighted by Crippen LogP contribution is 1.83. The molecule has 4 nitrogen and oxygen atoms in total. The number of H-pyrrole nitrogens is 1. The molecular weight excluding hydrogens is 156 g/mol. The molecule has 1 heterocycles. The molecule has 0 bridgehead atoms. The van der Waals surface area contributed by atoms with Gasteiger partial charge in [0, 0.05) is 18.3 Å². The Kier molecular flexibility index (Phi) is 2.91. The van der Waals surface area contributed by atoms with Crippen molar-refractivity contribution >= 4 is 5.97 Å². The number of carbonyl (C=O) groups is 1. The predicted molar refractivity (Wildman–Crippen MR) is 42.1 cm³/mol. The highest BCUT2D eigenvalue weighted by Gasteiger charge is 1.92. The van der Waals surface area contributed by atoms with Crippen LogP contribution in [0, 0.1) is 11.8 Å². The van der Waals surface area contributed by atoms with E-state index in [0.29, 0.717) is 12.4 Å². The first-order valence-corrected chi connectivity index (χ1v) is 3.51. The van der Waals surface area contributed by atoms with Gasteiger partial charge in [-0.3, -0.25) is 0 Å². The Labute approximate surface area is 70.0 Å². The van der Waals surface area contributed by atoms with Gasteiger partial charge in [-0.15, -0.1) is 0 Å². The lowest BCUT2D eigenvalue weighted by Gasteiger charge is -1.89. The fraction of sp³-hybridized carbons (Fsp3) is 0.250. The van der Waals surface area contributed by atoms with Crippen LogP contribution < -0.4 is 0 Å². The Morgan fingerprint density at radius 1 is 1.83 bits per heavy atom. The average molecular weight is 164 g/mol. The monoisotopic (exact) mass is 164 g/mol. The number of hydrogen-bond acceptors (Lipinski definition) is 3. The van der Waals surface area contributed by atoms with Gasteiger partial charge in [0.2, 0.25) is 0 Å². The zero-order valence-electron chi connectivity index (χ0n) is 6.63. The van der Waals surface area contributed by atoms with E-state index < -0.39 is 5.97 Å². The van der Waals surface area contributed by atoms with Crippen molar-refractivity contribution in [2.24, 2.45) is 0 Å². The number of carbonyl (C=O) groups excluding carboxylic acids is 1. The fourth-order valence-corrected chi connectivity index (χ4v) is 0.611. The van der Waals surface area contributed by atoms with Crippen LogP contribution in [0.15, 0.2) is 12.4 Å². The highest BCUT2D eigenvalue weighted by molar-refractivity contribution is 5.88. The molecule has 0 amide bonds. The minimum Gasteiger partial charge on any atom is -0.456 e. The number of ether oxygens (including phenoxy) is 1. The van der Waals surface area contributed by atoms with Gasteiger partial charge in [0.25, 0.3) is 0 Å². The number of aromatic nitrogens is 2. The number of esters is 1. The number of rotatable bonds is 1. The van der Waals surface area contributed by atoms with Crippen molar-refractivity contribution in [3.05, 3.63) is 18.2 Å². The number of aromatic amines is 1. The van der Waals surface area contributed by atoms with Gasteiger partial charge < -0.3 is 9.72 Å². The Morgan fingerprint density at radius 2 is 2.67 bits per heavy atom. The summed E-state index contributed by atoms with van der Waals surface area (Å²) < 4.78 is 4.59. The molecule has 0 aliphatic carbocycles. The second-order valence-corrected chi connectivity index (χ2v) is 1.91. The predicted octanol–water partition coefficient (Wildman–Crippen LogP) is 0.324. The molecule has 12 heavy (non-hydrogen) atoms. The summed E-state index contributed by atoms with van der Waals surface area (Å²) in [5.74, 6) is 4.73. The molecule has 0 spiro atoms. The lowest BCUT2D eigenvalue weighted by molar-refractivity contribution is -0.136. The summed E-state index contributed by atoms with van der Waals surface area (Å²) in [6, 6.07) is 0. The van der Waals surface area contributed by atoms with Crippen LogP contribution in [0.5, 0.6) is 0 Å². The van der Waals surface area contributed by atoms with Gasteiger partial charge in [0.1, 0.15) is 0 Å². The van der Waals surface area contributed by atoms with Gasteiger partial charge in [-0.05, 0) is 12.8 Å². The molecule has 1 N–H and O–H groups in total. The summed E-state index contributed by atoms with van der Waals surface area (Å²) in [6.45, 7) is 2.07. The molecule has 0 radical (unpaired) electrons. The van der Waals surface area contributed by atoms with E-state index in [1.807, 2.05) is 0 Å². The zero-order valence-corrected chi connectivity index (χ0v) is 6.63. The molecule has 0 aromatic carbocycles. The van der Waals surface area contributed by atoms with Crippen molar-refractivity contribution in [2.75, 3.05) is 6.61 Å². The van der Waals surface area contributed by atoms with Gasteiger partial charge in [-0.2, -0.15) is 0 Å². The molecule has 0 saturated carbocycles. The van der Waals surface area contributed by atoms with E-state index in [-0.39, 0.29) is 0 Å². The van der Waals surface area contributed by atoms with Gasteiger partial charge in [-0.1, -0.05) is 0 Å². The van der Waals surface area contributed by atoms with Gasteiger partial charge in [0.05, 0.1) is 6.61 Å². The Morgan fingerprint density at radius 3 is 3.25 bits per heavy atom. The third-order valence-electron chi connectivity index (χ3n) is 1.06. The van der Waals surface area contributed by atoms with Crippen molar-refractivity contribution < 1.29 is 9.53 Å². The topological polar surface area (TPSA) is 55.0 Å². The van der Waals surface area contributed by atoms with Crippen LogP contribution in [0.1, 0.15) is 12.7 Å². The quantitative estimate of drug-likeness (QED) is 0.480. The number of hydrogen-bond donors (Lipinski definition) is 1. The third-order valence-corrected chi connectivity index (χ3v) is 1.06. The van der Waals surface area contributed by atoms with Gasteiger partial charge in [0.15, 0.2) is 5.82 Å². The molecule has 0 aliphatic heterocycles. The van der Waals surface area contributed by atoms with Crippen LogP contribution in [0.2, 0.25) is 0 Å². The van der Waals surface area contributed by atoms with Crippen molar-refractivity contribution in [3.8, 4) is 11.8 Å². The standard InChI is InChI=1S/C8H8N2O2/c1-2-12-8(11)4-3-7-9-5-6-10-7/h5-6H,2H2,1H3,(H,9,10). The first-order valence-electron chi connectivity index (χ1n) is 3.51. The minimum atomic E-state index is -0.533. The lowest BCUT2D eigenvalue weighted by Crippen LogP contribution is -1.99. The first-order chi connectivity index (χ1) is 5.83. The molecule has 0 aliphatic rings. The van der Waals surface area contributed by atoms with Crippen LogP contribution in [-0.4, -0.2) is 22.5 Å². The second-order valence-electron chi connectivity index (χ2n) is 1.91. The fourth-order valence-electron chi connectivity index (χ4n) is 0.611. The molecule has 1 rings (SSSR count). The molecule has 0 unspecified atom stereocenters. The Hall–Kier alpha value is -1.76. The summed E-state index contributed by atoms with van der Waals surface area (Å²) in [4.78, 5) is 17.3. The van der Waals surface area contributed by atoms with Crippen molar-refractivity contribution in [1.29, 1.82) is 0 Å². The third kappa shape index (κ3) is 2.46. The van der Waals surface area contributed by atoms with E-state index in [2.05, 4.69) is 26.5 Å². The normalized spacial score (nSPS) is 8.42. The van der Waals surface area contributed by atoms with E-state index in [4.69, 9.17) is 0 Å². The summed E-state index contributed by atoms with van der Waals surface area (Å²) in [6.07, 6.45) is 3.20. The van der Waals surface area contributed by atoms with Crippen LogP contribution in [0.4, 0.5) is 0 Å². The highest BCUT2D eigenvalue weighted by atomic mass is 16.5. The minimum absolute atomic E-state index is 0.339. The summed E-state index contributed by atoms with van der Waals surface area (Å²) >= 11 is 0. The van der Waals surface area contributed by atoms with Crippen LogP contribution in [-0.2, 0) is 9.53 Å². The largest absolute Gasteiger partial charge is 0.456 e. The molecular formula is C8H8N2O2. The van der Waals surface area contributed by atoms with E-state index in [1.165, 1.54) is 0 Å². The SMILES string of the molecule is CCOC(=O)C#Cc1ncc[nH]1. The second kappa shape index (κ2) is 4.19. The maximum absolute atomic E-state index is 10.7. The van der Waals surface area contributed by atoms with E-state index in [9.17, 15) is 4.79 Å². The van der Waals surface area contributed by atoms with Crippen molar-refractivity contribution in [1.82, 2.24) is 9.97 Å². The first kappa shape index (κ1) is 8.34. The summed E-state index contributed by atoms with van der Waals surface area (Å²) in [5, 5.41) is 0. The maximum Gasteiger partial charge on any atom is 0.384 e. The lowest BCUT2D eigenvalue weighted by atomic mass is 10.5. The molecule has 0 fully saturated rings. The Balaban J connectivity index is 2.54. The van der Waals surface area contributed by atoms with Gasteiger partial charge >= 0.3 is 5.97 Å². The van der Waals surface area contributed by atoms with Crippen LogP contribution in [0.25, 0.3) is 0 Å². The van der Waals surface area contributed by atoms with E-state index >= 15 is 0 Å². The number of nitrogens with zero attached hydrogens (tertiary/aromatic N) is 1. The zero-order chi connectivity index (χ0) is 8.81. The summed E-state index contributed by atoms with van der Waals surface area (Å²) in [7, 11) is 0. The Bertz CT molecular complexity index is 306. The molecule has 1 aromatic rings. The molecule has 62 valence electrons. The molecule has 4 heteroatoms. The van der Waals surface area contributed by atoms with Gasteiger partial charge in [-0.25, -0.2) is 9.78 Å². The summed E-state index contributed by atoms with van der Waals surface area (Å²) in [5.41, 5.74) is 0. The van der Waals surface area contributed by atoms with Crippen LogP contribution in [0.3, 0.4) is 0 Å². The molecule has 0 atom stereocenters. The number of nitrogens with one attached hydrogen (secondary N) is 1. The van der Waals surface area contributed by atoms with Crippen LogP contribution >= 0.6 is 0 Å². The molecule has 0 saturated heterocycles. The van der Waals surface area contributed by atoms with E-state index in [1.54, 1.807) is 19.3 Å². The molecule has 1 aromatic heterocycles. The number of imidazole rings is 1.